The third-order valence-corrected chi connectivity index (χ3v) is 5.17. The molecule has 1 heterocycles. The predicted octanol–water partition coefficient (Wildman–Crippen LogP) is 4.37. The van der Waals surface area contributed by atoms with Crippen LogP contribution in [-0.2, 0) is 6.42 Å². The van der Waals surface area contributed by atoms with Crippen LogP contribution in [0.5, 0.6) is 11.5 Å². The molecular formula is C18H23BrN2O3S. The van der Waals surface area contributed by atoms with E-state index in [1.54, 1.807) is 30.6 Å². The molecule has 1 N–H and O–H groups in total. The minimum absolute atomic E-state index is 0.118. The van der Waals surface area contributed by atoms with Gasteiger partial charge in [-0.15, -0.1) is 11.3 Å². The van der Waals surface area contributed by atoms with Gasteiger partial charge in [0.25, 0.3) is 5.91 Å². The molecular weight excluding hydrogens is 404 g/mol. The van der Waals surface area contributed by atoms with E-state index in [0.29, 0.717) is 34.7 Å². The number of hydrogen-bond donors (Lipinski definition) is 1. The quantitative estimate of drug-likeness (QED) is 0.604. The minimum Gasteiger partial charge on any atom is -0.493 e. The fraction of sp³-hybridized carbons (Fsp3) is 0.444. The first-order valence-electron chi connectivity index (χ1n) is 8.24. The lowest BCUT2D eigenvalue weighted by molar-refractivity contribution is 0.0952. The molecule has 25 heavy (non-hydrogen) atoms. The first-order chi connectivity index (χ1) is 12.0. The molecule has 5 nitrogen and oxygen atoms in total. The minimum atomic E-state index is -0.118. The largest absolute Gasteiger partial charge is 0.493 e. The van der Waals surface area contributed by atoms with Crippen LogP contribution in [0.25, 0.3) is 0 Å². The molecule has 0 atom stereocenters. The summed E-state index contributed by atoms with van der Waals surface area (Å²) in [5.41, 5.74) is 1.62. The van der Waals surface area contributed by atoms with Crippen LogP contribution in [0.3, 0.4) is 0 Å². The van der Waals surface area contributed by atoms with E-state index in [1.165, 1.54) is 0 Å². The van der Waals surface area contributed by atoms with E-state index < -0.39 is 0 Å². The maximum atomic E-state index is 12.3. The first-order valence-corrected chi connectivity index (χ1v) is 9.92. The Morgan fingerprint density at radius 3 is 2.80 bits per heavy atom. The Kier molecular flexibility index (Phi) is 7.71. The molecule has 0 radical (unpaired) electrons. The Morgan fingerprint density at radius 2 is 2.16 bits per heavy atom. The molecule has 0 spiro atoms. The van der Waals surface area contributed by atoms with E-state index in [4.69, 9.17) is 9.47 Å². The zero-order valence-electron chi connectivity index (χ0n) is 14.7. The van der Waals surface area contributed by atoms with Crippen molar-refractivity contribution in [1.82, 2.24) is 10.3 Å². The second kappa shape index (κ2) is 9.77. The maximum Gasteiger partial charge on any atom is 0.251 e. The van der Waals surface area contributed by atoms with Gasteiger partial charge in [0, 0.05) is 23.2 Å². The number of aromatic nitrogens is 1. The molecule has 1 aromatic carbocycles. The third-order valence-electron chi connectivity index (χ3n) is 3.55. The van der Waals surface area contributed by atoms with Crippen LogP contribution in [0.2, 0.25) is 0 Å². The maximum absolute atomic E-state index is 12.3. The van der Waals surface area contributed by atoms with Gasteiger partial charge in [0.1, 0.15) is 0 Å². The molecule has 7 heteroatoms. The topological polar surface area (TPSA) is 60.5 Å². The van der Waals surface area contributed by atoms with Crippen molar-refractivity contribution in [1.29, 1.82) is 0 Å². The summed E-state index contributed by atoms with van der Waals surface area (Å²) < 4.78 is 11.6. The molecule has 0 bridgehead atoms. The SMILES string of the molecule is CCOc1c(Br)cc(C(=O)NCCCCc2nc(C)cs2)cc1OC. The van der Waals surface area contributed by atoms with Gasteiger partial charge >= 0.3 is 0 Å². The summed E-state index contributed by atoms with van der Waals surface area (Å²) in [5, 5.41) is 6.17. The van der Waals surface area contributed by atoms with Crippen molar-refractivity contribution < 1.29 is 14.3 Å². The van der Waals surface area contributed by atoms with Gasteiger partial charge in [-0.3, -0.25) is 4.79 Å². The van der Waals surface area contributed by atoms with E-state index >= 15 is 0 Å². The lowest BCUT2D eigenvalue weighted by atomic mass is 10.1. The summed E-state index contributed by atoms with van der Waals surface area (Å²) in [6.07, 6.45) is 2.88. The summed E-state index contributed by atoms with van der Waals surface area (Å²) in [7, 11) is 1.56. The van der Waals surface area contributed by atoms with Crippen molar-refractivity contribution >= 4 is 33.2 Å². The second-order valence-corrected chi connectivity index (χ2v) is 7.32. The zero-order chi connectivity index (χ0) is 18.2. The number of rotatable bonds is 9. The molecule has 136 valence electrons. The Morgan fingerprint density at radius 1 is 1.36 bits per heavy atom. The molecule has 0 saturated heterocycles. The van der Waals surface area contributed by atoms with Crippen molar-refractivity contribution in [2.24, 2.45) is 0 Å². The van der Waals surface area contributed by atoms with Crippen LogP contribution in [0.15, 0.2) is 22.0 Å². The van der Waals surface area contributed by atoms with E-state index in [-0.39, 0.29) is 5.91 Å². The standard InChI is InChI=1S/C18H23BrN2O3S/c1-4-24-17-14(19)9-13(10-15(17)23-3)18(22)20-8-6-5-7-16-21-12(2)11-25-16/h9-11H,4-8H2,1-3H3,(H,20,22). The Balaban J connectivity index is 1.84. The Hall–Kier alpha value is -1.60. The third kappa shape index (κ3) is 5.71. The number of carbonyl (C=O) groups is 1. The summed E-state index contributed by atoms with van der Waals surface area (Å²) in [6.45, 7) is 5.07. The van der Waals surface area contributed by atoms with Gasteiger partial charge in [-0.1, -0.05) is 0 Å². The van der Waals surface area contributed by atoms with Gasteiger partial charge < -0.3 is 14.8 Å². The molecule has 0 saturated carbocycles. The summed E-state index contributed by atoms with van der Waals surface area (Å²) >= 11 is 5.13. The number of ether oxygens (including phenoxy) is 2. The van der Waals surface area contributed by atoms with Crippen LogP contribution in [-0.4, -0.2) is 31.2 Å². The highest BCUT2D eigenvalue weighted by molar-refractivity contribution is 9.10. The highest BCUT2D eigenvalue weighted by Gasteiger charge is 2.15. The van der Waals surface area contributed by atoms with Crippen molar-refractivity contribution in [3.63, 3.8) is 0 Å². The number of carbonyl (C=O) groups excluding carboxylic acids is 1. The molecule has 0 unspecified atom stereocenters. The zero-order valence-corrected chi connectivity index (χ0v) is 17.1. The normalized spacial score (nSPS) is 10.6. The molecule has 0 aliphatic rings. The van der Waals surface area contributed by atoms with Crippen LogP contribution < -0.4 is 14.8 Å². The summed E-state index contributed by atoms with van der Waals surface area (Å²) in [6, 6.07) is 3.45. The van der Waals surface area contributed by atoms with Gasteiger partial charge in [0.15, 0.2) is 11.5 Å². The molecule has 0 aliphatic carbocycles. The van der Waals surface area contributed by atoms with E-state index in [9.17, 15) is 4.79 Å². The fourth-order valence-corrected chi connectivity index (χ4v) is 3.73. The van der Waals surface area contributed by atoms with Crippen molar-refractivity contribution in [2.75, 3.05) is 20.3 Å². The lowest BCUT2D eigenvalue weighted by Crippen LogP contribution is -2.24. The van der Waals surface area contributed by atoms with Crippen molar-refractivity contribution in [3.8, 4) is 11.5 Å². The van der Waals surface area contributed by atoms with Gasteiger partial charge in [-0.2, -0.15) is 0 Å². The van der Waals surface area contributed by atoms with Gasteiger partial charge in [0.2, 0.25) is 0 Å². The number of benzene rings is 1. The predicted molar refractivity (Wildman–Crippen MR) is 104 cm³/mol. The first kappa shape index (κ1) is 19.7. The average molecular weight is 427 g/mol. The molecule has 2 rings (SSSR count). The lowest BCUT2D eigenvalue weighted by Gasteiger charge is -2.13. The van der Waals surface area contributed by atoms with Crippen molar-refractivity contribution in [2.45, 2.75) is 33.1 Å². The van der Waals surface area contributed by atoms with Crippen LogP contribution in [0.4, 0.5) is 0 Å². The molecule has 0 fully saturated rings. The second-order valence-electron chi connectivity index (χ2n) is 5.52. The number of unbranched alkanes of at least 4 members (excludes halogenated alkanes) is 1. The molecule has 0 aliphatic heterocycles. The molecule has 1 aromatic heterocycles. The van der Waals surface area contributed by atoms with Crippen molar-refractivity contribution in [3.05, 3.63) is 38.3 Å². The van der Waals surface area contributed by atoms with Gasteiger partial charge in [0.05, 0.1) is 23.2 Å². The number of nitrogens with one attached hydrogen (secondary N) is 1. The number of methoxy groups -OCH3 is 1. The number of amides is 1. The van der Waals surface area contributed by atoms with Crippen LogP contribution >= 0.6 is 27.3 Å². The molecule has 2 aromatic rings. The monoisotopic (exact) mass is 426 g/mol. The van der Waals surface area contributed by atoms with E-state index in [1.807, 2.05) is 13.8 Å². The Labute approximate surface area is 160 Å². The van der Waals surface area contributed by atoms with Crippen LogP contribution in [0.1, 0.15) is 40.8 Å². The Bertz CT molecular complexity index is 718. The number of hydrogen-bond acceptors (Lipinski definition) is 5. The highest BCUT2D eigenvalue weighted by atomic mass is 79.9. The average Bonchev–Trinajstić information content (AvgIpc) is 3.01. The smallest absolute Gasteiger partial charge is 0.251 e. The summed E-state index contributed by atoms with van der Waals surface area (Å²) in [4.78, 5) is 16.8. The summed E-state index contributed by atoms with van der Waals surface area (Å²) in [5.74, 6) is 1.04. The number of nitrogens with zero attached hydrogens (tertiary/aromatic N) is 1. The van der Waals surface area contributed by atoms with Crippen LogP contribution in [0, 0.1) is 6.92 Å². The van der Waals surface area contributed by atoms with E-state index in [0.717, 1.165) is 30.0 Å². The van der Waals surface area contributed by atoms with E-state index in [2.05, 4.69) is 31.6 Å². The van der Waals surface area contributed by atoms with Gasteiger partial charge in [-0.05, 0) is 61.2 Å². The number of halogens is 1. The highest BCUT2D eigenvalue weighted by Crippen LogP contribution is 2.36. The number of thiazole rings is 1. The van der Waals surface area contributed by atoms with Gasteiger partial charge in [-0.25, -0.2) is 4.98 Å². The fourth-order valence-electron chi connectivity index (χ4n) is 2.36. The molecule has 1 amide bonds. The number of aryl methyl sites for hydroxylation is 2.